The molecule has 6 heteroatoms. The lowest BCUT2D eigenvalue weighted by molar-refractivity contribution is -0.386. The number of benzene rings is 1. The van der Waals surface area contributed by atoms with Gasteiger partial charge in [0.25, 0.3) is 0 Å². The van der Waals surface area contributed by atoms with Gasteiger partial charge in [0.1, 0.15) is 0 Å². The highest BCUT2D eigenvalue weighted by Crippen LogP contribution is 2.52. The minimum absolute atomic E-state index is 0.0781. The van der Waals surface area contributed by atoms with Crippen LogP contribution in [0.2, 0.25) is 0 Å². The van der Waals surface area contributed by atoms with Crippen LogP contribution in [0.3, 0.4) is 0 Å². The van der Waals surface area contributed by atoms with Crippen molar-refractivity contribution < 1.29 is 19.2 Å². The summed E-state index contributed by atoms with van der Waals surface area (Å²) in [7, 11) is 1.36. The lowest BCUT2D eigenvalue weighted by atomic mass is 9.91. The van der Waals surface area contributed by atoms with Gasteiger partial charge in [-0.05, 0) is 50.8 Å². The van der Waals surface area contributed by atoms with Crippen LogP contribution >= 0.6 is 0 Å². The Morgan fingerprint density at radius 1 is 1.38 bits per heavy atom. The van der Waals surface area contributed by atoms with E-state index >= 15 is 0 Å². The minimum Gasteiger partial charge on any atom is -0.484 e. The molecule has 0 saturated heterocycles. The van der Waals surface area contributed by atoms with Gasteiger partial charge < -0.3 is 9.47 Å². The fourth-order valence-corrected chi connectivity index (χ4v) is 2.58. The maximum atomic E-state index is 12.0. The number of nitro benzene ring substituents is 1. The van der Waals surface area contributed by atoms with Crippen molar-refractivity contribution in [2.24, 2.45) is 0 Å². The highest BCUT2D eigenvalue weighted by molar-refractivity contribution is 5.87. The molecule has 6 nitrogen and oxygen atoms in total. The maximum absolute atomic E-state index is 12.0. The summed E-state index contributed by atoms with van der Waals surface area (Å²) in [6.45, 7) is 5.37. The van der Waals surface area contributed by atoms with Crippen LogP contribution in [0, 0.1) is 17.0 Å². The molecule has 21 heavy (non-hydrogen) atoms. The first kappa shape index (κ1) is 15.3. The first-order chi connectivity index (χ1) is 9.81. The van der Waals surface area contributed by atoms with Gasteiger partial charge in [0.2, 0.25) is 0 Å². The van der Waals surface area contributed by atoms with E-state index in [9.17, 15) is 14.9 Å². The third-order valence-electron chi connectivity index (χ3n) is 3.71. The Bertz CT molecular complexity index is 590. The molecule has 1 saturated carbocycles. The Hall–Kier alpha value is -2.11. The van der Waals surface area contributed by atoms with Gasteiger partial charge in [0.05, 0.1) is 23.6 Å². The predicted octanol–water partition coefficient (Wildman–Crippen LogP) is 2.90. The zero-order valence-corrected chi connectivity index (χ0v) is 12.6. The standard InChI is InChI=1S/C15H19NO5/c1-9(2)21-13-8-11(10(3)7-12(13)16(18)19)15(5-6-15)14(17)20-4/h7-9H,5-6H2,1-4H3. The number of hydrogen-bond donors (Lipinski definition) is 0. The minimum atomic E-state index is -0.664. The largest absolute Gasteiger partial charge is 0.484 e. The molecule has 0 aliphatic heterocycles. The predicted molar refractivity (Wildman–Crippen MR) is 76.5 cm³/mol. The van der Waals surface area contributed by atoms with E-state index in [-0.39, 0.29) is 23.5 Å². The molecular formula is C15H19NO5. The number of hydrogen-bond acceptors (Lipinski definition) is 5. The third kappa shape index (κ3) is 2.70. The number of rotatable bonds is 5. The van der Waals surface area contributed by atoms with E-state index in [0.29, 0.717) is 18.4 Å². The maximum Gasteiger partial charge on any atom is 0.316 e. The second-order valence-corrected chi connectivity index (χ2v) is 5.63. The van der Waals surface area contributed by atoms with Gasteiger partial charge in [0, 0.05) is 6.07 Å². The van der Waals surface area contributed by atoms with Crippen LogP contribution in [0.5, 0.6) is 5.75 Å². The van der Waals surface area contributed by atoms with Gasteiger partial charge >= 0.3 is 11.7 Å². The Kier molecular flexibility index (Phi) is 3.89. The van der Waals surface area contributed by atoms with E-state index in [2.05, 4.69) is 0 Å². The molecule has 1 aromatic carbocycles. The summed E-state index contributed by atoms with van der Waals surface area (Å²) in [6, 6.07) is 3.09. The average molecular weight is 293 g/mol. The van der Waals surface area contributed by atoms with Crippen molar-refractivity contribution in [2.45, 2.75) is 45.1 Å². The van der Waals surface area contributed by atoms with E-state index < -0.39 is 10.3 Å². The van der Waals surface area contributed by atoms with Crippen LogP contribution in [-0.2, 0) is 14.9 Å². The van der Waals surface area contributed by atoms with Crippen LogP contribution in [0.15, 0.2) is 12.1 Å². The molecule has 0 N–H and O–H groups in total. The zero-order valence-electron chi connectivity index (χ0n) is 12.6. The first-order valence-corrected chi connectivity index (χ1v) is 6.86. The molecule has 0 atom stereocenters. The summed E-state index contributed by atoms with van der Waals surface area (Å²) in [5, 5.41) is 11.2. The van der Waals surface area contributed by atoms with Crippen LogP contribution < -0.4 is 4.74 Å². The number of carbonyl (C=O) groups excluding carboxylic acids is 1. The SMILES string of the molecule is COC(=O)C1(c2cc(OC(C)C)c([N+](=O)[O-])cc2C)CC1. The quantitative estimate of drug-likeness (QED) is 0.474. The van der Waals surface area contributed by atoms with Crippen molar-refractivity contribution >= 4 is 11.7 Å². The smallest absolute Gasteiger partial charge is 0.316 e. The summed E-state index contributed by atoms with van der Waals surface area (Å²) in [5.74, 6) is -0.0965. The van der Waals surface area contributed by atoms with Crippen molar-refractivity contribution in [3.63, 3.8) is 0 Å². The zero-order chi connectivity index (χ0) is 15.8. The van der Waals surface area contributed by atoms with Gasteiger partial charge in [-0.15, -0.1) is 0 Å². The van der Waals surface area contributed by atoms with E-state index in [4.69, 9.17) is 9.47 Å². The van der Waals surface area contributed by atoms with E-state index in [0.717, 1.165) is 5.56 Å². The second-order valence-electron chi connectivity index (χ2n) is 5.63. The summed E-state index contributed by atoms with van der Waals surface area (Å²) in [6.07, 6.45) is 1.20. The number of esters is 1. The Morgan fingerprint density at radius 2 is 2.00 bits per heavy atom. The normalized spacial score (nSPS) is 15.7. The lowest BCUT2D eigenvalue weighted by Gasteiger charge is -2.18. The molecule has 0 heterocycles. The summed E-state index contributed by atoms with van der Waals surface area (Å²) < 4.78 is 10.4. The molecule has 1 fully saturated rings. The van der Waals surface area contributed by atoms with Crippen LogP contribution in [0.4, 0.5) is 5.69 Å². The molecule has 1 aromatic rings. The van der Waals surface area contributed by atoms with E-state index in [1.165, 1.54) is 13.2 Å². The molecule has 0 amide bonds. The summed E-state index contributed by atoms with van der Waals surface area (Å²) in [5.41, 5.74) is 0.727. The van der Waals surface area contributed by atoms with E-state index in [1.807, 2.05) is 0 Å². The second kappa shape index (κ2) is 5.35. The first-order valence-electron chi connectivity index (χ1n) is 6.86. The average Bonchev–Trinajstić information content (AvgIpc) is 3.20. The Balaban J connectivity index is 2.53. The molecule has 0 bridgehead atoms. The van der Waals surface area contributed by atoms with Gasteiger partial charge in [-0.1, -0.05) is 0 Å². The molecular weight excluding hydrogens is 274 g/mol. The molecule has 1 aliphatic carbocycles. The van der Waals surface area contributed by atoms with Gasteiger partial charge in [0.15, 0.2) is 5.75 Å². The van der Waals surface area contributed by atoms with E-state index in [1.54, 1.807) is 26.8 Å². The number of nitrogens with zero attached hydrogens (tertiary/aromatic N) is 1. The molecule has 2 rings (SSSR count). The third-order valence-corrected chi connectivity index (χ3v) is 3.71. The van der Waals surface area contributed by atoms with Crippen molar-refractivity contribution in [3.8, 4) is 5.75 Å². The van der Waals surface area contributed by atoms with Crippen LogP contribution in [-0.4, -0.2) is 24.1 Å². The fourth-order valence-electron chi connectivity index (χ4n) is 2.58. The van der Waals surface area contributed by atoms with Crippen molar-refractivity contribution in [1.29, 1.82) is 0 Å². The molecule has 1 aliphatic rings. The molecule has 114 valence electrons. The number of carbonyl (C=O) groups is 1. The van der Waals surface area contributed by atoms with Gasteiger partial charge in [-0.2, -0.15) is 0 Å². The monoisotopic (exact) mass is 293 g/mol. The van der Waals surface area contributed by atoms with Crippen molar-refractivity contribution in [3.05, 3.63) is 33.4 Å². The molecule has 0 unspecified atom stereocenters. The van der Waals surface area contributed by atoms with Crippen LogP contribution in [0.25, 0.3) is 0 Å². The highest BCUT2D eigenvalue weighted by atomic mass is 16.6. The molecule has 0 spiro atoms. The topological polar surface area (TPSA) is 78.7 Å². The van der Waals surface area contributed by atoms with Crippen molar-refractivity contribution in [1.82, 2.24) is 0 Å². The van der Waals surface area contributed by atoms with Crippen LogP contribution in [0.1, 0.15) is 37.8 Å². The van der Waals surface area contributed by atoms with Crippen molar-refractivity contribution in [2.75, 3.05) is 7.11 Å². The Morgan fingerprint density at radius 3 is 2.43 bits per heavy atom. The summed E-state index contributed by atoms with van der Waals surface area (Å²) >= 11 is 0. The summed E-state index contributed by atoms with van der Waals surface area (Å²) in [4.78, 5) is 22.7. The molecule has 0 radical (unpaired) electrons. The Labute approximate surface area is 123 Å². The molecule has 0 aromatic heterocycles. The van der Waals surface area contributed by atoms with Gasteiger partial charge in [-0.25, -0.2) is 0 Å². The van der Waals surface area contributed by atoms with Gasteiger partial charge in [-0.3, -0.25) is 14.9 Å². The number of aryl methyl sites for hydroxylation is 1. The number of methoxy groups -OCH3 is 1. The lowest BCUT2D eigenvalue weighted by Crippen LogP contribution is -2.23. The number of ether oxygens (including phenoxy) is 2. The fraction of sp³-hybridized carbons (Fsp3) is 0.533. The highest BCUT2D eigenvalue weighted by Gasteiger charge is 2.53. The number of nitro groups is 1.